The van der Waals surface area contributed by atoms with Crippen molar-refractivity contribution in [3.8, 4) is 5.75 Å². The third-order valence-electron chi connectivity index (χ3n) is 5.80. The fourth-order valence-corrected chi connectivity index (χ4v) is 4.24. The van der Waals surface area contributed by atoms with Gasteiger partial charge >= 0.3 is 5.97 Å². The lowest BCUT2D eigenvalue weighted by molar-refractivity contribution is -0.0153. The van der Waals surface area contributed by atoms with Gasteiger partial charge in [0.1, 0.15) is 5.56 Å². The highest BCUT2D eigenvalue weighted by Gasteiger charge is 2.45. The third-order valence-corrected chi connectivity index (χ3v) is 5.80. The van der Waals surface area contributed by atoms with Crippen LogP contribution in [0.4, 0.5) is 0 Å². The molecule has 0 spiro atoms. The molecule has 0 aliphatic carbocycles. The molecular weight excluding hydrogens is 412 g/mol. The van der Waals surface area contributed by atoms with E-state index in [1.807, 2.05) is 37.3 Å². The molecule has 170 valence electrons. The van der Waals surface area contributed by atoms with E-state index in [1.54, 1.807) is 16.4 Å². The van der Waals surface area contributed by atoms with E-state index in [0.717, 1.165) is 18.4 Å². The maximum absolute atomic E-state index is 13.4. The van der Waals surface area contributed by atoms with Gasteiger partial charge in [-0.1, -0.05) is 43.7 Å². The summed E-state index contributed by atoms with van der Waals surface area (Å²) in [6, 6.07) is 9.52. The second-order valence-corrected chi connectivity index (χ2v) is 7.90. The first-order valence-corrected chi connectivity index (χ1v) is 11.1. The number of esters is 1. The predicted molar refractivity (Wildman–Crippen MR) is 117 cm³/mol. The van der Waals surface area contributed by atoms with Crippen molar-refractivity contribution in [3.05, 3.63) is 63.6 Å². The smallest absolute Gasteiger partial charge is 0.343 e. The molecule has 0 radical (unpaired) electrons. The normalized spacial score (nSPS) is 19.4. The first-order chi connectivity index (χ1) is 15.6. The maximum Gasteiger partial charge on any atom is 0.343 e. The molecule has 3 heterocycles. The van der Waals surface area contributed by atoms with Gasteiger partial charge in [0, 0.05) is 12.7 Å². The highest BCUT2D eigenvalue weighted by Crippen LogP contribution is 2.36. The van der Waals surface area contributed by atoms with Crippen LogP contribution >= 0.6 is 0 Å². The number of nitrogens with zero attached hydrogens (tertiary/aromatic N) is 2. The molecule has 1 aromatic carbocycles. The van der Waals surface area contributed by atoms with E-state index in [4.69, 9.17) is 14.2 Å². The molecule has 0 saturated carbocycles. The average molecular weight is 440 g/mol. The zero-order valence-corrected chi connectivity index (χ0v) is 18.4. The fourth-order valence-electron chi connectivity index (χ4n) is 4.24. The van der Waals surface area contributed by atoms with Gasteiger partial charge < -0.3 is 23.7 Å². The van der Waals surface area contributed by atoms with Gasteiger partial charge in [0.2, 0.25) is 5.43 Å². The highest BCUT2D eigenvalue weighted by atomic mass is 16.5. The summed E-state index contributed by atoms with van der Waals surface area (Å²) >= 11 is 0. The van der Waals surface area contributed by atoms with E-state index >= 15 is 0 Å². The van der Waals surface area contributed by atoms with E-state index < -0.39 is 17.6 Å². The van der Waals surface area contributed by atoms with Crippen molar-refractivity contribution in [1.82, 2.24) is 9.47 Å². The Morgan fingerprint density at radius 3 is 2.69 bits per heavy atom. The van der Waals surface area contributed by atoms with Gasteiger partial charge in [-0.15, -0.1) is 0 Å². The molecule has 0 N–H and O–H groups in total. The van der Waals surface area contributed by atoms with Crippen LogP contribution in [0.15, 0.2) is 41.3 Å². The highest BCUT2D eigenvalue weighted by molar-refractivity contribution is 5.98. The predicted octanol–water partition coefficient (Wildman–Crippen LogP) is 2.80. The summed E-state index contributed by atoms with van der Waals surface area (Å²) < 4.78 is 18.6. The minimum absolute atomic E-state index is 0.0857. The van der Waals surface area contributed by atoms with Crippen molar-refractivity contribution < 1.29 is 23.8 Å². The van der Waals surface area contributed by atoms with Crippen LogP contribution < -0.4 is 10.2 Å². The average Bonchev–Trinajstić information content (AvgIpc) is 3.29. The lowest BCUT2D eigenvalue weighted by Crippen LogP contribution is -2.50. The van der Waals surface area contributed by atoms with E-state index in [1.165, 1.54) is 6.20 Å². The van der Waals surface area contributed by atoms with Gasteiger partial charge in [-0.25, -0.2) is 4.79 Å². The first-order valence-electron chi connectivity index (χ1n) is 11.1. The summed E-state index contributed by atoms with van der Waals surface area (Å²) in [7, 11) is 0. The molecule has 2 aliphatic heterocycles. The Morgan fingerprint density at radius 2 is 1.97 bits per heavy atom. The molecule has 8 heteroatoms. The number of benzene rings is 1. The van der Waals surface area contributed by atoms with Crippen molar-refractivity contribution in [1.29, 1.82) is 0 Å². The van der Waals surface area contributed by atoms with Crippen LogP contribution in [0.1, 0.15) is 59.1 Å². The number of carbonyl (C=O) groups is 2. The molecular formula is C24H28N2O6. The number of fused-ring (bicyclic) bond motifs is 2. The van der Waals surface area contributed by atoms with Crippen LogP contribution in [0.5, 0.6) is 5.75 Å². The monoisotopic (exact) mass is 440 g/mol. The van der Waals surface area contributed by atoms with Crippen LogP contribution in [0.25, 0.3) is 0 Å². The van der Waals surface area contributed by atoms with Gasteiger partial charge in [0.25, 0.3) is 5.91 Å². The van der Waals surface area contributed by atoms with Crippen molar-refractivity contribution >= 4 is 11.9 Å². The van der Waals surface area contributed by atoms with E-state index in [2.05, 4.69) is 0 Å². The van der Waals surface area contributed by atoms with Crippen molar-refractivity contribution in [2.24, 2.45) is 0 Å². The molecule has 1 aromatic heterocycles. The topological polar surface area (TPSA) is 87.1 Å². The summed E-state index contributed by atoms with van der Waals surface area (Å²) in [5, 5.41) is 0. The molecule has 0 bridgehead atoms. The largest absolute Gasteiger partial charge is 0.487 e. The Bertz CT molecular complexity index is 1050. The molecule has 1 saturated heterocycles. The molecule has 2 aliphatic rings. The number of aromatic nitrogens is 1. The number of hydrogen-bond donors (Lipinski definition) is 0. The van der Waals surface area contributed by atoms with Crippen LogP contribution in [0, 0.1) is 0 Å². The molecule has 2 aromatic rings. The summed E-state index contributed by atoms with van der Waals surface area (Å²) in [6.07, 6.45) is 3.10. The minimum atomic E-state index is -0.728. The quantitative estimate of drug-likeness (QED) is 0.463. The van der Waals surface area contributed by atoms with Crippen LogP contribution in [0.3, 0.4) is 0 Å². The standard InChI is InChI=1S/C24H28N2O6/c1-3-5-12-31-21-19-22(28)25-11-13-32-23(25)18(14-16-9-7-6-8-10-16)26(19)15-17(20(21)27)24(29)30-4-2/h6-10,15,18,23H,3-5,11-14H2,1-2H3/t18-,23?/m0/s1. The Kier molecular flexibility index (Phi) is 6.60. The van der Waals surface area contributed by atoms with Crippen LogP contribution in [-0.4, -0.2) is 53.9 Å². The number of ether oxygens (including phenoxy) is 3. The van der Waals surface area contributed by atoms with Crippen molar-refractivity contribution in [2.75, 3.05) is 26.4 Å². The number of pyridine rings is 1. The molecule has 1 unspecified atom stereocenters. The fraction of sp³-hybridized carbons (Fsp3) is 0.458. The second-order valence-electron chi connectivity index (χ2n) is 7.90. The van der Waals surface area contributed by atoms with E-state index in [-0.39, 0.29) is 42.2 Å². The number of amides is 1. The Hall–Kier alpha value is -3.13. The number of rotatable bonds is 8. The number of carbonyl (C=O) groups excluding carboxylic acids is 2. The van der Waals surface area contributed by atoms with E-state index in [0.29, 0.717) is 19.6 Å². The molecule has 4 rings (SSSR count). The zero-order valence-electron chi connectivity index (χ0n) is 18.4. The molecule has 2 atom stereocenters. The maximum atomic E-state index is 13.4. The van der Waals surface area contributed by atoms with Gasteiger partial charge in [-0.05, 0) is 25.3 Å². The Balaban J connectivity index is 1.88. The Labute approximate surface area is 186 Å². The van der Waals surface area contributed by atoms with Gasteiger partial charge in [0.05, 0.1) is 25.9 Å². The lowest BCUT2D eigenvalue weighted by atomic mass is 9.99. The molecule has 1 fully saturated rings. The Morgan fingerprint density at radius 1 is 1.19 bits per heavy atom. The number of hydrogen-bond acceptors (Lipinski definition) is 6. The van der Waals surface area contributed by atoms with Crippen LogP contribution in [-0.2, 0) is 15.9 Å². The van der Waals surface area contributed by atoms with Crippen molar-refractivity contribution in [2.45, 2.75) is 45.4 Å². The van der Waals surface area contributed by atoms with Gasteiger partial charge in [-0.2, -0.15) is 0 Å². The minimum Gasteiger partial charge on any atom is -0.487 e. The van der Waals surface area contributed by atoms with Gasteiger partial charge in [-0.3, -0.25) is 9.59 Å². The second kappa shape index (κ2) is 9.56. The lowest BCUT2D eigenvalue weighted by Gasteiger charge is -2.39. The molecule has 32 heavy (non-hydrogen) atoms. The first kappa shape index (κ1) is 22.1. The molecule has 1 amide bonds. The van der Waals surface area contributed by atoms with Gasteiger partial charge in [0.15, 0.2) is 17.7 Å². The summed E-state index contributed by atoms with van der Waals surface area (Å²) in [6.45, 7) is 4.96. The zero-order chi connectivity index (χ0) is 22.7. The SMILES string of the molecule is CCCCOc1c2n(cc(C(=O)OCC)c1=O)[C@@H](Cc1ccccc1)C1OCCN1C2=O. The number of unbranched alkanes of at least 4 members (excludes halogenated alkanes) is 1. The third kappa shape index (κ3) is 4.02. The summed E-state index contributed by atoms with van der Waals surface area (Å²) in [5.74, 6) is -1.14. The summed E-state index contributed by atoms with van der Waals surface area (Å²) in [5.41, 5.74) is 0.468. The van der Waals surface area contributed by atoms with Crippen molar-refractivity contribution in [3.63, 3.8) is 0 Å². The summed E-state index contributed by atoms with van der Waals surface area (Å²) in [4.78, 5) is 40.9. The molecule has 8 nitrogen and oxygen atoms in total. The van der Waals surface area contributed by atoms with Crippen LogP contribution in [0.2, 0.25) is 0 Å². The van der Waals surface area contributed by atoms with E-state index in [9.17, 15) is 14.4 Å².